The van der Waals surface area contributed by atoms with Crippen LogP contribution in [0, 0.1) is 34.5 Å². The van der Waals surface area contributed by atoms with Crippen LogP contribution in [-0.2, 0) is 23.7 Å². The van der Waals surface area contributed by atoms with Crippen LogP contribution in [0.2, 0.25) is 0 Å². The lowest BCUT2D eigenvalue weighted by Gasteiger charge is -2.56. The number of allylic oxidation sites excluding steroid dienone is 4. The van der Waals surface area contributed by atoms with E-state index in [-0.39, 0.29) is 34.8 Å². The van der Waals surface area contributed by atoms with Gasteiger partial charge in [-0.2, -0.15) is 0 Å². The van der Waals surface area contributed by atoms with E-state index in [2.05, 4.69) is 26.0 Å². The van der Waals surface area contributed by atoms with E-state index in [1.54, 1.807) is 7.11 Å². The summed E-state index contributed by atoms with van der Waals surface area (Å²) in [6, 6.07) is 0. The van der Waals surface area contributed by atoms with E-state index in [1.807, 2.05) is 12.5 Å². The van der Waals surface area contributed by atoms with Gasteiger partial charge in [0.1, 0.15) is 24.0 Å². The minimum absolute atomic E-state index is 0. The average Bonchev–Trinajstić information content (AvgIpc) is 2.83. The molecule has 2 fully saturated rings. The second-order valence-electron chi connectivity index (χ2n) is 10.4. The molecule has 2 saturated carbocycles. The molecule has 4 rings (SSSR count). The van der Waals surface area contributed by atoms with Crippen LogP contribution in [0.1, 0.15) is 52.4 Å². The number of fused-ring (bicyclic) bond motifs is 5. The average molecular weight is 519 g/mol. The summed E-state index contributed by atoms with van der Waals surface area (Å²) in [6.07, 6.45) is 14.4. The fourth-order valence-electron chi connectivity index (χ4n) is 7.19. The van der Waals surface area contributed by atoms with Crippen molar-refractivity contribution < 1.29 is 37.7 Å². The Morgan fingerprint density at radius 3 is 2.57 bits per heavy atom. The zero-order valence-electron chi connectivity index (χ0n) is 17.9. The van der Waals surface area contributed by atoms with Gasteiger partial charge in [-0.15, -0.1) is 4.21 Å². The number of Topliss-reactive ketones (excluding diaryl/α,β-unsaturated/α-hetero) is 1. The molecule has 0 bridgehead atoms. The number of ketones is 1. The Morgan fingerprint density at radius 2 is 1.93 bits per heavy atom. The van der Waals surface area contributed by atoms with Crippen LogP contribution in [-0.4, -0.2) is 31.2 Å². The molecule has 5 heteroatoms. The second-order valence-corrected chi connectivity index (χ2v) is 13.6. The maximum atomic E-state index is 13.0. The van der Waals surface area contributed by atoms with Crippen molar-refractivity contribution in [2.24, 2.45) is 34.5 Å². The number of rotatable bonds is 3. The number of methoxy groups -OCH3 is 1. The predicted octanol–water partition coefficient (Wildman–Crippen LogP) is 1.65. The van der Waals surface area contributed by atoms with Crippen LogP contribution in [0.15, 0.2) is 23.5 Å². The van der Waals surface area contributed by atoms with Crippen molar-refractivity contribution in [2.75, 3.05) is 25.4 Å². The van der Waals surface area contributed by atoms with Crippen molar-refractivity contribution >= 4 is 15.7 Å². The van der Waals surface area contributed by atoms with Crippen molar-refractivity contribution in [1.29, 1.82) is 0 Å². The normalized spacial score (nSPS) is 42.4. The summed E-state index contributed by atoms with van der Waals surface area (Å²) in [7, 11) is -0.0667. The van der Waals surface area contributed by atoms with Crippen molar-refractivity contribution in [2.45, 2.75) is 52.4 Å². The van der Waals surface area contributed by atoms with Crippen molar-refractivity contribution in [3.05, 3.63) is 23.5 Å². The maximum Gasteiger partial charge on any atom is 0.139 e. The molecule has 0 aromatic heterocycles. The van der Waals surface area contributed by atoms with Gasteiger partial charge in [0.15, 0.2) is 0 Å². The van der Waals surface area contributed by atoms with Gasteiger partial charge in [0.05, 0.1) is 22.8 Å². The van der Waals surface area contributed by atoms with Crippen molar-refractivity contribution in [3.8, 4) is 0 Å². The SMILES string of the molecule is COC1=CC2=CCC3C(CC[C@]4(C)C(=O)C[C@@H](C[S+](C)(C)=O)C34)[C@@]2(C)CC1.[I-]. The van der Waals surface area contributed by atoms with E-state index in [9.17, 15) is 9.00 Å². The first-order valence-electron chi connectivity index (χ1n) is 10.5. The third-order valence-corrected chi connectivity index (χ3v) is 9.68. The molecule has 3 nitrogen and oxygen atoms in total. The van der Waals surface area contributed by atoms with Crippen LogP contribution in [0.25, 0.3) is 0 Å². The largest absolute Gasteiger partial charge is 1.00 e. The minimum atomic E-state index is -1.84. The number of hydrogen-bond donors (Lipinski definition) is 0. The standard InChI is InChI=1S/C23H35O3S.HI/c1-22-10-8-17(26-3)13-16(22)6-7-18-19(22)9-11-23(2)20(24)12-15(21(18)23)14-27(4,5)25;/h6,13,15,18-19,21H,7-12,14H2,1-5H3;1H/q+1;/p-1/t15-,18?,19?,21?,22-,23+;/m0./s1. The number of carbonyl (C=O) groups excluding carboxylic acids is 1. The minimum Gasteiger partial charge on any atom is -1.00 e. The van der Waals surface area contributed by atoms with Crippen LogP contribution < -0.4 is 24.0 Å². The summed E-state index contributed by atoms with van der Waals surface area (Å²) < 4.78 is 18.1. The van der Waals surface area contributed by atoms with Crippen LogP contribution in [0.3, 0.4) is 0 Å². The van der Waals surface area contributed by atoms with Gasteiger partial charge in [0.2, 0.25) is 0 Å². The molecule has 0 amide bonds. The fourth-order valence-corrected chi connectivity index (χ4v) is 8.54. The zero-order chi connectivity index (χ0) is 19.6. The molecule has 0 heterocycles. The number of hydrogen-bond acceptors (Lipinski definition) is 3. The molecule has 0 aromatic rings. The lowest BCUT2D eigenvalue weighted by molar-refractivity contribution is -0.131. The Kier molecular flexibility index (Phi) is 6.04. The molecule has 0 N–H and O–H groups in total. The first-order chi connectivity index (χ1) is 12.6. The summed E-state index contributed by atoms with van der Waals surface area (Å²) in [5.74, 6) is 4.12. The highest BCUT2D eigenvalue weighted by Gasteiger charge is 2.62. The van der Waals surface area contributed by atoms with E-state index < -0.39 is 9.93 Å². The molecule has 28 heavy (non-hydrogen) atoms. The van der Waals surface area contributed by atoms with Crippen LogP contribution in [0.5, 0.6) is 0 Å². The molecular formula is C23H35IO3S. The second kappa shape index (κ2) is 7.51. The zero-order valence-corrected chi connectivity index (χ0v) is 20.9. The van der Waals surface area contributed by atoms with Gasteiger partial charge in [-0.1, -0.05) is 19.9 Å². The molecule has 0 radical (unpaired) electrons. The molecule has 0 aromatic carbocycles. The Hall–Kier alpha value is -0.170. The number of carbonyl (C=O) groups is 1. The highest BCUT2D eigenvalue weighted by atomic mass is 127. The highest BCUT2D eigenvalue weighted by molar-refractivity contribution is 8.01. The van der Waals surface area contributed by atoms with E-state index in [0.717, 1.165) is 37.9 Å². The first-order valence-corrected chi connectivity index (χ1v) is 13.0. The topological polar surface area (TPSA) is 43.4 Å². The Morgan fingerprint density at radius 1 is 1.21 bits per heavy atom. The molecular weight excluding hydrogens is 483 g/mol. The van der Waals surface area contributed by atoms with Gasteiger partial charge >= 0.3 is 0 Å². The monoisotopic (exact) mass is 518 g/mol. The third kappa shape index (κ3) is 3.46. The van der Waals surface area contributed by atoms with E-state index >= 15 is 0 Å². The molecule has 6 atom stereocenters. The van der Waals surface area contributed by atoms with Gasteiger partial charge in [-0.25, -0.2) is 0 Å². The Labute approximate surface area is 188 Å². The van der Waals surface area contributed by atoms with E-state index in [0.29, 0.717) is 41.6 Å². The summed E-state index contributed by atoms with van der Waals surface area (Å²) in [6.45, 7) is 4.66. The van der Waals surface area contributed by atoms with E-state index in [1.165, 1.54) is 5.57 Å². The molecule has 0 spiro atoms. The van der Waals surface area contributed by atoms with Gasteiger partial charge < -0.3 is 28.7 Å². The Bertz CT molecular complexity index is 766. The number of halogens is 1. The van der Waals surface area contributed by atoms with Gasteiger partial charge in [-0.3, -0.25) is 4.79 Å². The van der Waals surface area contributed by atoms with Gasteiger partial charge in [-0.05, 0) is 60.5 Å². The van der Waals surface area contributed by atoms with Crippen molar-refractivity contribution in [3.63, 3.8) is 0 Å². The number of ether oxygens (including phenoxy) is 1. The maximum absolute atomic E-state index is 13.0. The summed E-state index contributed by atoms with van der Waals surface area (Å²) in [5, 5.41) is 0. The third-order valence-electron chi connectivity index (χ3n) is 8.45. The fraction of sp³-hybridized carbons (Fsp3) is 0.783. The highest BCUT2D eigenvalue weighted by Crippen LogP contribution is 2.65. The molecule has 0 aliphatic heterocycles. The lowest BCUT2D eigenvalue weighted by Crippen LogP contribution is -3.00. The van der Waals surface area contributed by atoms with Crippen LogP contribution in [0.4, 0.5) is 0 Å². The Balaban J connectivity index is 0.00000225. The smallest absolute Gasteiger partial charge is 0.139 e. The quantitative estimate of drug-likeness (QED) is 0.422. The first kappa shape index (κ1) is 22.5. The molecule has 4 aliphatic carbocycles. The van der Waals surface area contributed by atoms with Crippen molar-refractivity contribution in [1.82, 2.24) is 0 Å². The predicted molar refractivity (Wildman–Crippen MR) is 111 cm³/mol. The van der Waals surface area contributed by atoms with Crippen LogP contribution >= 0.6 is 0 Å². The lowest BCUT2D eigenvalue weighted by atomic mass is 9.48. The van der Waals surface area contributed by atoms with Gasteiger partial charge in [0.25, 0.3) is 0 Å². The molecule has 4 aliphatic rings. The molecule has 0 saturated heterocycles. The van der Waals surface area contributed by atoms with E-state index in [4.69, 9.17) is 4.74 Å². The summed E-state index contributed by atoms with van der Waals surface area (Å²) >= 11 is 0. The molecule has 3 unspecified atom stereocenters. The summed E-state index contributed by atoms with van der Waals surface area (Å²) in [5.41, 5.74) is 1.45. The summed E-state index contributed by atoms with van der Waals surface area (Å²) in [4.78, 5) is 13.0. The molecule has 158 valence electrons. The van der Waals surface area contributed by atoms with Gasteiger partial charge in [0, 0.05) is 24.2 Å².